The summed E-state index contributed by atoms with van der Waals surface area (Å²) in [4.78, 5) is 35.3. The van der Waals surface area contributed by atoms with Crippen molar-refractivity contribution < 1.29 is 14.4 Å². The predicted octanol–water partition coefficient (Wildman–Crippen LogP) is 2.90. The molecule has 7 nitrogen and oxygen atoms in total. The van der Waals surface area contributed by atoms with E-state index < -0.39 is 0 Å². The summed E-state index contributed by atoms with van der Waals surface area (Å²) < 4.78 is 0. The summed E-state index contributed by atoms with van der Waals surface area (Å²) in [5, 5.41) is 10.9. The van der Waals surface area contributed by atoms with E-state index in [1.165, 1.54) is 0 Å². The number of benzene rings is 2. The highest BCUT2D eigenvalue weighted by Crippen LogP contribution is 2.12. The van der Waals surface area contributed by atoms with Crippen LogP contribution in [0.2, 0.25) is 0 Å². The number of carbonyl (C=O) groups excluding carboxylic acids is 3. The first-order chi connectivity index (χ1) is 13.0. The Morgan fingerprint density at radius 3 is 2.19 bits per heavy atom. The Hall–Kier alpha value is -3.35. The van der Waals surface area contributed by atoms with Crippen molar-refractivity contribution in [2.24, 2.45) is 0 Å². The fourth-order valence-corrected chi connectivity index (χ4v) is 2.29. The minimum atomic E-state index is -0.324. The lowest BCUT2D eigenvalue weighted by atomic mass is 10.2. The molecule has 0 bridgehead atoms. The van der Waals surface area contributed by atoms with E-state index in [1.54, 1.807) is 31.2 Å². The zero-order valence-electron chi connectivity index (χ0n) is 15.5. The summed E-state index contributed by atoms with van der Waals surface area (Å²) in [6.45, 7) is 4.28. The highest BCUT2D eigenvalue weighted by atomic mass is 16.2. The van der Waals surface area contributed by atoms with Crippen molar-refractivity contribution in [3.05, 3.63) is 59.7 Å². The van der Waals surface area contributed by atoms with Crippen molar-refractivity contribution in [1.29, 1.82) is 0 Å². The lowest BCUT2D eigenvalue weighted by Crippen LogP contribution is -2.36. The van der Waals surface area contributed by atoms with Gasteiger partial charge in [-0.1, -0.05) is 25.1 Å². The monoisotopic (exact) mass is 368 g/mol. The van der Waals surface area contributed by atoms with Gasteiger partial charge in [0.15, 0.2) is 0 Å². The number of anilines is 2. The van der Waals surface area contributed by atoms with Gasteiger partial charge in [-0.2, -0.15) is 0 Å². The second kappa shape index (κ2) is 9.96. The Labute approximate surface area is 158 Å². The Morgan fingerprint density at radius 1 is 0.852 bits per heavy atom. The smallest absolute Gasteiger partial charge is 0.319 e. The third kappa shape index (κ3) is 6.47. The molecule has 0 saturated carbocycles. The fourth-order valence-electron chi connectivity index (χ4n) is 2.29. The zero-order valence-corrected chi connectivity index (χ0v) is 15.5. The van der Waals surface area contributed by atoms with Gasteiger partial charge in [0.05, 0.1) is 0 Å². The number of hydrogen-bond acceptors (Lipinski definition) is 3. The third-order valence-electron chi connectivity index (χ3n) is 3.84. The van der Waals surface area contributed by atoms with Crippen LogP contribution in [0.15, 0.2) is 48.5 Å². The van der Waals surface area contributed by atoms with Crippen molar-refractivity contribution in [2.75, 3.05) is 23.7 Å². The molecule has 0 fully saturated rings. The Kier molecular flexibility index (Phi) is 7.37. The van der Waals surface area contributed by atoms with Crippen LogP contribution in [0.4, 0.5) is 16.2 Å². The normalized spacial score (nSPS) is 10.0. The molecule has 2 rings (SSSR count). The van der Waals surface area contributed by atoms with Gasteiger partial charge in [0.1, 0.15) is 0 Å². The van der Waals surface area contributed by atoms with Gasteiger partial charge in [0.25, 0.3) is 5.91 Å². The molecule has 0 heterocycles. The Bertz CT molecular complexity index is 803. The first-order valence-electron chi connectivity index (χ1n) is 8.78. The molecule has 4 amide bonds. The van der Waals surface area contributed by atoms with Gasteiger partial charge < -0.3 is 21.3 Å². The maximum atomic E-state index is 12.1. The van der Waals surface area contributed by atoms with Crippen LogP contribution in [0.5, 0.6) is 0 Å². The molecule has 0 aliphatic rings. The van der Waals surface area contributed by atoms with Crippen LogP contribution in [0.1, 0.15) is 29.3 Å². The largest absolute Gasteiger partial charge is 0.350 e. The van der Waals surface area contributed by atoms with Crippen LogP contribution < -0.4 is 21.3 Å². The molecule has 0 aliphatic heterocycles. The molecule has 0 atom stereocenters. The third-order valence-corrected chi connectivity index (χ3v) is 3.84. The molecule has 0 radical (unpaired) electrons. The topological polar surface area (TPSA) is 99.3 Å². The molecular formula is C20H24N4O3. The number of amides is 4. The highest BCUT2D eigenvalue weighted by Gasteiger charge is 2.07. The van der Waals surface area contributed by atoms with Crippen molar-refractivity contribution in [3.8, 4) is 0 Å². The minimum Gasteiger partial charge on any atom is -0.350 e. The molecule has 0 aliphatic carbocycles. The Balaban J connectivity index is 1.72. The van der Waals surface area contributed by atoms with Crippen molar-refractivity contribution in [2.45, 2.75) is 20.3 Å². The van der Waals surface area contributed by atoms with Crippen LogP contribution in [-0.4, -0.2) is 30.9 Å². The van der Waals surface area contributed by atoms with E-state index in [9.17, 15) is 14.4 Å². The van der Waals surface area contributed by atoms with Crippen molar-refractivity contribution in [1.82, 2.24) is 10.6 Å². The number of urea groups is 1. The van der Waals surface area contributed by atoms with Gasteiger partial charge in [-0.05, 0) is 42.8 Å². The maximum Gasteiger partial charge on any atom is 0.319 e. The van der Waals surface area contributed by atoms with Crippen LogP contribution in [0.3, 0.4) is 0 Å². The quantitative estimate of drug-likeness (QED) is 0.566. The van der Waals surface area contributed by atoms with Gasteiger partial charge in [-0.3, -0.25) is 9.59 Å². The molecule has 142 valence electrons. The number of carbonyl (C=O) groups is 3. The van der Waals surface area contributed by atoms with E-state index in [-0.39, 0.29) is 17.8 Å². The molecular weight excluding hydrogens is 344 g/mol. The number of nitrogens with one attached hydrogen (secondary N) is 4. The molecule has 0 saturated heterocycles. The highest BCUT2D eigenvalue weighted by molar-refractivity contribution is 5.95. The molecule has 2 aromatic carbocycles. The van der Waals surface area contributed by atoms with Gasteiger partial charge >= 0.3 is 6.03 Å². The van der Waals surface area contributed by atoms with E-state index in [1.807, 2.05) is 31.2 Å². The van der Waals surface area contributed by atoms with Gasteiger partial charge in [-0.15, -0.1) is 0 Å². The summed E-state index contributed by atoms with van der Waals surface area (Å²) in [6.07, 6.45) is 0.395. The first kappa shape index (κ1) is 20.0. The standard InChI is InChI=1S/C20H24N4O3/c1-3-18(25)23-16-10-8-15(9-11-16)19(26)21-12-13-22-20(27)24-17-7-5-4-6-14(17)2/h4-11H,3,12-13H2,1-2H3,(H,21,26)(H,23,25)(H2,22,24,27). The van der Waals surface area contributed by atoms with Crippen LogP contribution in [0, 0.1) is 6.92 Å². The number of rotatable bonds is 7. The zero-order chi connectivity index (χ0) is 19.6. The second-order valence-electron chi connectivity index (χ2n) is 5.93. The molecule has 27 heavy (non-hydrogen) atoms. The number of para-hydroxylation sites is 1. The van der Waals surface area contributed by atoms with E-state index in [4.69, 9.17) is 0 Å². The molecule has 0 aromatic heterocycles. The average Bonchev–Trinajstić information content (AvgIpc) is 2.67. The van der Waals surface area contributed by atoms with Crippen LogP contribution in [-0.2, 0) is 4.79 Å². The lowest BCUT2D eigenvalue weighted by Gasteiger charge is -2.10. The van der Waals surface area contributed by atoms with E-state index in [2.05, 4.69) is 21.3 Å². The van der Waals surface area contributed by atoms with E-state index >= 15 is 0 Å². The number of aryl methyl sites for hydroxylation is 1. The maximum absolute atomic E-state index is 12.1. The lowest BCUT2D eigenvalue weighted by molar-refractivity contribution is -0.115. The summed E-state index contributed by atoms with van der Waals surface area (Å²) >= 11 is 0. The van der Waals surface area contributed by atoms with Gasteiger partial charge in [0.2, 0.25) is 5.91 Å². The second-order valence-corrected chi connectivity index (χ2v) is 5.93. The molecule has 2 aromatic rings. The van der Waals surface area contributed by atoms with Crippen molar-refractivity contribution in [3.63, 3.8) is 0 Å². The predicted molar refractivity (Wildman–Crippen MR) is 106 cm³/mol. The first-order valence-corrected chi connectivity index (χ1v) is 8.78. The molecule has 0 unspecified atom stereocenters. The van der Waals surface area contributed by atoms with Gasteiger partial charge in [0, 0.05) is 36.4 Å². The van der Waals surface area contributed by atoms with Crippen LogP contribution in [0.25, 0.3) is 0 Å². The molecule has 0 spiro atoms. The molecule has 7 heteroatoms. The fraction of sp³-hybridized carbons (Fsp3) is 0.250. The summed E-state index contributed by atoms with van der Waals surface area (Å²) in [5.74, 6) is -0.327. The van der Waals surface area contributed by atoms with E-state index in [0.717, 1.165) is 11.3 Å². The number of hydrogen-bond donors (Lipinski definition) is 4. The summed E-state index contributed by atoms with van der Waals surface area (Å²) in [6, 6.07) is 13.8. The average molecular weight is 368 g/mol. The summed E-state index contributed by atoms with van der Waals surface area (Å²) in [5.41, 5.74) is 2.84. The van der Waals surface area contributed by atoms with Crippen LogP contribution >= 0.6 is 0 Å². The minimum absolute atomic E-state index is 0.0813. The SMILES string of the molecule is CCC(=O)Nc1ccc(C(=O)NCCNC(=O)Nc2ccccc2C)cc1. The summed E-state index contributed by atoms with van der Waals surface area (Å²) in [7, 11) is 0. The molecule has 4 N–H and O–H groups in total. The van der Waals surface area contributed by atoms with E-state index in [0.29, 0.717) is 30.8 Å². The van der Waals surface area contributed by atoms with Gasteiger partial charge in [-0.25, -0.2) is 4.79 Å². The Morgan fingerprint density at radius 2 is 1.52 bits per heavy atom. The van der Waals surface area contributed by atoms with Crippen molar-refractivity contribution >= 4 is 29.2 Å².